The Balaban J connectivity index is 1.83. The molecule has 1 fully saturated rings. The number of hydrogen-bond donors (Lipinski definition) is 0. The molecule has 1 aliphatic carbocycles. The van der Waals surface area contributed by atoms with Crippen LogP contribution in [0.4, 0.5) is 0 Å². The van der Waals surface area contributed by atoms with Gasteiger partial charge in [-0.05, 0) is 25.2 Å². The summed E-state index contributed by atoms with van der Waals surface area (Å²) in [6.07, 6.45) is 18.9. The van der Waals surface area contributed by atoms with Crippen LogP contribution in [0.15, 0.2) is 0 Å². The van der Waals surface area contributed by atoms with Crippen molar-refractivity contribution in [3.05, 3.63) is 0 Å². The van der Waals surface area contributed by atoms with Crippen LogP contribution in [0.1, 0.15) is 90.4 Å². The lowest BCUT2D eigenvalue weighted by Crippen LogP contribution is -2.10. The number of alkyl halides is 1. The van der Waals surface area contributed by atoms with Gasteiger partial charge in [0.1, 0.15) is 0 Å². The van der Waals surface area contributed by atoms with Crippen molar-refractivity contribution < 1.29 is 0 Å². The summed E-state index contributed by atoms with van der Waals surface area (Å²) in [6.45, 7) is 2.29. The van der Waals surface area contributed by atoms with Crippen LogP contribution in [-0.4, -0.2) is 4.83 Å². The Morgan fingerprint density at radius 1 is 0.882 bits per heavy atom. The molecule has 1 unspecified atom stereocenters. The van der Waals surface area contributed by atoms with Gasteiger partial charge in [0.2, 0.25) is 0 Å². The zero-order valence-corrected chi connectivity index (χ0v) is 13.3. The molecule has 1 atom stereocenters. The fourth-order valence-corrected chi connectivity index (χ4v) is 3.88. The van der Waals surface area contributed by atoms with Gasteiger partial charge in [-0.2, -0.15) is 0 Å². The highest BCUT2D eigenvalue weighted by atomic mass is 79.9. The second kappa shape index (κ2) is 10.4. The van der Waals surface area contributed by atoms with Crippen LogP contribution < -0.4 is 0 Å². The summed E-state index contributed by atoms with van der Waals surface area (Å²) in [5, 5.41) is 0. The third-order valence-corrected chi connectivity index (χ3v) is 5.45. The highest BCUT2D eigenvalue weighted by Gasteiger charge is 2.21. The Morgan fingerprint density at radius 2 is 1.41 bits per heavy atom. The molecule has 0 amide bonds. The van der Waals surface area contributed by atoms with Gasteiger partial charge in [0, 0.05) is 4.83 Å². The predicted octanol–water partition coefficient (Wildman–Crippen LogP) is 6.47. The van der Waals surface area contributed by atoms with Crippen molar-refractivity contribution in [1.82, 2.24) is 0 Å². The molecule has 0 aromatic rings. The zero-order valence-electron chi connectivity index (χ0n) is 11.7. The van der Waals surface area contributed by atoms with Crippen molar-refractivity contribution in [3.63, 3.8) is 0 Å². The molecule has 0 bridgehead atoms. The molecule has 0 saturated heterocycles. The minimum atomic E-state index is 0.824. The summed E-state index contributed by atoms with van der Waals surface area (Å²) in [6, 6.07) is 0. The van der Waals surface area contributed by atoms with Crippen LogP contribution in [0.25, 0.3) is 0 Å². The second-order valence-corrected chi connectivity index (χ2v) is 7.00. The molecule has 102 valence electrons. The van der Waals surface area contributed by atoms with Crippen LogP contribution in [0.5, 0.6) is 0 Å². The summed E-state index contributed by atoms with van der Waals surface area (Å²) in [5.74, 6) is 1.000. The monoisotopic (exact) mass is 302 g/mol. The van der Waals surface area contributed by atoms with Gasteiger partial charge in [-0.25, -0.2) is 0 Å². The third kappa shape index (κ3) is 7.49. The Kier molecular flexibility index (Phi) is 9.51. The third-order valence-electron chi connectivity index (χ3n) is 4.24. The first-order valence-corrected chi connectivity index (χ1v) is 8.90. The Morgan fingerprint density at radius 3 is 2.00 bits per heavy atom. The summed E-state index contributed by atoms with van der Waals surface area (Å²) < 4.78 is 0. The average molecular weight is 303 g/mol. The van der Waals surface area contributed by atoms with Gasteiger partial charge in [-0.15, -0.1) is 0 Å². The van der Waals surface area contributed by atoms with Crippen molar-refractivity contribution in [2.24, 2.45) is 5.92 Å². The van der Waals surface area contributed by atoms with E-state index in [1.807, 2.05) is 0 Å². The molecule has 1 aliphatic rings. The lowest BCUT2D eigenvalue weighted by atomic mass is 9.98. The molecular weight excluding hydrogens is 272 g/mol. The van der Waals surface area contributed by atoms with Crippen molar-refractivity contribution in [1.29, 1.82) is 0 Å². The van der Waals surface area contributed by atoms with E-state index >= 15 is 0 Å². The Bertz CT molecular complexity index is 161. The van der Waals surface area contributed by atoms with E-state index in [1.54, 1.807) is 0 Å². The second-order valence-electron chi connectivity index (χ2n) is 5.82. The molecule has 1 rings (SSSR count). The normalized spacial score (nSPS) is 18.7. The maximum absolute atomic E-state index is 3.91. The Hall–Kier alpha value is 0.480. The van der Waals surface area contributed by atoms with Gasteiger partial charge in [0.25, 0.3) is 0 Å². The van der Waals surface area contributed by atoms with E-state index in [0.29, 0.717) is 0 Å². The molecule has 0 N–H and O–H groups in total. The van der Waals surface area contributed by atoms with E-state index in [0.717, 1.165) is 10.7 Å². The van der Waals surface area contributed by atoms with Gasteiger partial charge < -0.3 is 0 Å². The molecule has 0 radical (unpaired) electrons. The van der Waals surface area contributed by atoms with E-state index in [9.17, 15) is 0 Å². The molecule has 1 saturated carbocycles. The fourth-order valence-electron chi connectivity index (χ4n) is 3.03. The van der Waals surface area contributed by atoms with E-state index in [4.69, 9.17) is 0 Å². The van der Waals surface area contributed by atoms with E-state index in [2.05, 4.69) is 22.9 Å². The topological polar surface area (TPSA) is 0 Å². The maximum Gasteiger partial charge on any atom is 0.0174 e. The van der Waals surface area contributed by atoms with E-state index < -0.39 is 0 Å². The minimum Gasteiger partial charge on any atom is -0.0888 e. The fraction of sp³-hybridized carbons (Fsp3) is 1.00. The molecule has 0 aliphatic heterocycles. The van der Waals surface area contributed by atoms with Crippen molar-refractivity contribution in [2.45, 2.75) is 95.2 Å². The largest absolute Gasteiger partial charge is 0.0888 e. The van der Waals surface area contributed by atoms with Gasteiger partial charge in [0.15, 0.2) is 0 Å². The van der Waals surface area contributed by atoms with Crippen LogP contribution in [0.2, 0.25) is 0 Å². The van der Waals surface area contributed by atoms with E-state index in [-0.39, 0.29) is 0 Å². The number of hydrogen-bond acceptors (Lipinski definition) is 0. The minimum absolute atomic E-state index is 0.824. The summed E-state index contributed by atoms with van der Waals surface area (Å²) in [7, 11) is 0. The SMILES string of the molecule is CCCCCCCCCCC(Br)C1CCCC1. The molecule has 0 aromatic heterocycles. The molecule has 17 heavy (non-hydrogen) atoms. The average Bonchev–Trinajstić information content (AvgIpc) is 2.86. The van der Waals surface area contributed by atoms with E-state index in [1.165, 1.54) is 83.5 Å². The zero-order chi connectivity index (χ0) is 12.3. The standard InChI is InChI=1S/C16H31Br/c1-2-3-4-5-6-7-8-9-14-16(17)15-12-10-11-13-15/h15-16H,2-14H2,1H3. The smallest absolute Gasteiger partial charge is 0.0174 e. The molecule has 0 nitrogen and oxygen atoms in total. The summed E-state index contributed by atoms with van der Waals surface area (Å²) >= 11 is 3.91. The van der Waals surface area contributed by atoms with Crippen LogP contribution >= 0.6 is 15.9 Å². The summed E-state index contributed by atoms with van der Waals surface area (Å²) in [5.41, 5.74) is 0. The first kappa shape index (κ1) is 15.5. The van der Waals surface area contributed by atoms with Gasteiger partial charge in [-0.3, -0.25) is 0 Å². The first-order valence-electron chi connectivity index (χ1n) is 7.98. The molecule has 1 heteroatoms. The predicted molar refractivity (Wildman–Crippen MR) is 81.9 cm³/mol. The summed E-state index contributed by atoms with van der Waals surface area (Å²) in [4.78, 5) is 0.824. The highest BCUT2D eigenvalue weighted by molar-refractivity contribution is 9.09. The lowest BCUT2D eigenvalue weighted by Gasteiger charge is -2.16. The Labute approximate surface area is 117 Å². The van der Waals surface area contributed by atoms with Crippen molar-refractivity contribution >= 4 is 15.9 Å². The molecular formula is C16H31Br. The molecule has 0 heterocycles. The van der Waals surface area contributed by atoms with Crippen molar-refractivity contribution in [3.8, 4) is 0 Å². The quantitative estimate of drug-likeness (QED) is 0.320. The van der Waals surface area contributed by atoms with Crippen molar-refractivity contribution in [2.75, 3.05) is 0 Å². The van der Waals surface area contributed by atoms with Gasteiger partial charge >= 0.3 is 0 Å². The first-order chi connectivity index (χ1) is 8.34. The molecule has 0 aromatic carbocycles. The number of unbranched alkanes of at least 4 members (excludes halogenated alkanes) is 7. The number of halogens is 1. The van der Waals surface area contributed by atoms with Crippen LogP contribution in [0.3, 0.4) is 0 Å². The highest BCUT2D eigenvalue weighted by Crippen LogP contribution is 2.33. The molecule has 0 spiro atoms. The van der Waals surface area contributed by atoms with Gasteiger partial charge in [-0.1, -0.05) is 87.1 Å². The van der Waals surface area contributed by atoms with Gasteiger partial charge in [0.05, 0.1) is 0 Å². The van der Waals surface area contributed by atoms with Crippen LogP contribution in [0, 0.1) is 5.92 Å². The lowest BCUT2D eigenvalue weighted by molar-refractivity contribution is 0.479. The number of rotatable bonds is 10. The van der Waals surface area contributed by atoms with Crippen LogP contribution in [-0.2, 0) is 0 Å². The maximum atomic E-state index is 3.91.